The molecule has 5 aliphatic carbocycles. The standard InChI is InChI=1S/C23H36O/c1-22-11-4-3-5-16(22)8-9-17-19(22)10-12-23(2)20(17)13-18(15-6-7-15)21(23)14-24/h14-21H,3-13H2,1-2H3/t16-,17-,18?,19+,20+,21?,22+,23+/m1/s1. The lowest BCUT2D eigenvalue weighted by Crippen LogP contribution is -2.52. The van der Waals surface area contributed by atoms with E-state index < -0.39 is 0 Å². The molecule has 0 aromatic carbocycles. The van der Waals surface area contributed by atoms with Crippen LogP contribution >= 0.6 is 0 Å². The summed E-state index contributed by atoms with van der Waals surface area (Å²) in [7, 11) is 0. The van der Waals surface area contributed by atoms with Gasteiger partial charge in [-0.2, -0.15) is 0 Å². The first kappa shape index (κ1) is 15.9. The average Bonchev–Trinajstić information content (AvgIpc) is 3.36. The second-order valence-corrected chi connectivity index (χ2v) is 10.8. The van der Waals surface area contributed by atoms with E-state index in [-0.39, 0.29) is 0 Å². The number of rotatable bonds is 2. The molecule has 134 valence electrons. The predicted molar refractivity (Wildman–Crippen MR) is 97.5 cm³/mol. The summed E-state index contributed by atoms with van der Waals surface area (Å²) < 4.78 is 0. The molecule has 5 aliphatic rings. The van der Waals surface area contributed by atoms with Crippen molar-refractivity contribution in [3.63, 3.8) is 0 Å². The van der Waals surface area contributed by atoms with Crippen molar-refractivity contribution in [1.82, 2.24) is 0 Å². The monoisotopic (exact) mass is 328 g/mol. The fourth-order valence-electron chi connectivity index (χ4n) is 8.70. The molecule has 0 aliphatic heterocycles. The molecule has 24 heavy (non-hydrogen) atoms. The van der Waals surface area contributed by atoms with E-state index in [1.807, 2.05) is 0 Å². The third-order valence-corrected chi connectivity index (χ3v) is 10.1. The van der Waals surface area contributed by atoms with Gasteiger partial charge in [0.2, 0.25) is 0 Å². The van der Waals surface area contributed by atoms with Crippen LogP contribution in [-0.4, -0.2) is 6.29 Å². The molecule has 5 rings (SSSR count). The molecule has 0 radical (unpaired) electrons. The maximum atomic E-state index is 12.1. The molecule has 1 heteroatoms. The van der Waals surface area contributed by atoms with Gasteiger partial charge in [-0.25, -0.2) is 0 Å². The zero-order valence-corrected chi connectivity index (χ0v) is 15.8. The quantitative estimate of drug-likeness (QED) is 0.579. The molecule has 0 N–H and O–H groups in total. The van der Waals surface area contributed by atoms with Crippen LogP contribution < -0.4 is 0 Å². The summed E-state index contributed by atoms with van der Waals surface area (Å²) in [6.07, 6.45) is 17.3. The van der Waals surface area contributed by atoms with Crippen molar-refractivity contribution in [3.05, 3.63) is 0 Å². The third kappa shape index (κ3) is 2.02. The highest BCUT2D eigenvalue weighted by Gasteiger charge is 2.63. The zero-order chi connectivity index (χ0) is 16.5. The van der Waals surface area contributed by atoms with Crippen molar-refractivity contribution in [1.29, 1.82) is 0 Å². The number of carbonyl (C=O) groups excluding carboxylic acids is 1. The molecular weight excluding hydrogens is 292 g/mol. The molecule has 0 saturated heterocycles. The van der Waals surface area contributed by atoms with Crippen LogP contribution in [0.3, 0.4) is 0 Å². The van der Waals surface area contributed by atoms with Gasteiger partial charge in [0.15, 0.2) is 0 Å². The first-order valence-electron chi connectivity index (χ1n) is 11.0. The molecule has 0 spiro atoms. The molecule has 0 aromatic rings. The molecule has 1 nitrogen and oxygen atoms in total. The normalized spacial score (nSPS) is 56.9. The number of hydrogen-bond donors (Lipinski definition) is 0. The molecule has 0 aromatic heterocycles. The van der Waals surface area contributed by atoms with E-state index in [9.17, 15) is 4.79 Å². The first-order chi connectivity index (χ1) is 11.6. The van der Waals surface area contributed by atoms with Gasteiger partial charge in [-0.3, -0.25) is 0 Å². The first-order valence-corrected chi connectivity index (χ1v) is 11.0. The molecule has 0 amide bonds. The highest BCUT2D eigenvalue weighted by atomic mass is 16.1. The lowest BCUT2D eigenvalue weighted by molar-refractivity contribution is -0.126. The van der Waals surface area contributed by atoms with Crippen LogP contribution in [0, 0.1) is 52.3 Å². The van der Waals surface area contributed by atoms with Crippen molar-refractivity contribution >= 4 is 6.29 Å². The van der Waals surface area contributed by atoms with Gasteiger partial charge in [0.1, 0.15) is 6.29 Å². The van der Waals surface area contributed by atoms with Crippen LogP contribution in [0.25, 0.3) is 0 Å². The molecule has 0 bridgehead atoms. The van der Waals surface area contributed by atoms with E-state index in [1.165, 1.54) is 76.9 Å². The Hall–Kier alpha value is -0.330. The van der Waals surface area contributed by atoms with E-state index in [0.29, 0.717) is 16.7 Å². The Labute approximate surface area is 148 Å². The van der Waals surface area contributed by atoms with Crippen molar-refractivity contribution in [2.75, 3.05) is 0 Å². The maximum Gasteiger partial charge on any atom is 0.123 e. The molecular formula is C23H36O. The molecule has 2 unspecified atom stereocenters. The summed E-state index contributed by atoms with van der Waals surface area (Å²) in [6, 6.07) is 0. The zero-order valence-electron chi connectivity index (χ0n) is 15.8. The smallest absolute Gasteiger partial charge is 0.123 e. The van der Waals surface area contributed by atoms with Gasteiger partial charge in [0, 0.05) is 5.92 Å². The maximum absolute atomic E-state index is 12.1. The molecule has 0 heterocycles. The van der Waals surface area contributed by atoms with E-state index >= 15 is 0 Å². The Morgan fingerprint density at radius 2 is 1.62 bits per heavy atom. The number of aldehydes is 1. The van der Waals surface area contributed by atoms with E-state index in [4.69, 9.17) is 0 Å². The largest absolute Gasteiger partial charge is 0.303 e. The Bertz CT molecular complexity index is 522. The van der Waals surface area contributed by atoms with Crippen LogP contribution in [0.2, 0.25) is 0 Å². The van der Waals surface area contributed by atoms with Crippen molar-refractivity contribution in [2.24, 2.45) is 52.3 Å². The van der Waals surface area contributed by atoms with Crippen LogP contribution in [-0.2, 0) is 4.79 Å². The second-order valence-electron chi connectivity index (χ2n) is 10.8. The summed E-state index contributed by atoms with van der Waals surface area (Å²) in [5.74, 6) is 5.81. The molecule has 8 atom stereocenters. The lowest BCUT2D eigenvalue weighted by atomic mass is 9.45. The van der Waals surface area contributed by atoms with Crippen LogP contribution in [0.4, 0.5) is 0 Å². The van der Waals surface area contributed by atoms with Gasteiger partial charge in [-0.1, -0.05) is 26.7 Å². The van der Waals surface area contributed by atoms with Gasteiger partial charge in [0.25, 0.3) is 0 Å². The lowest BCUT2D eigenvalue weighted by Gasteiger charge is -2.60. The number of hydrogen-bond acceptors (Lipinski definition) is 1. The Balaban J connectivity index is 1.47. The van der Waals surface area contributed by atoms with Crippen LogP contribution in [0.15, 0.2) is 0 Å². The van der Waals surface area contributed by atoms with E-state index in [2.05, 4.69) is 13.8 Å². The second kappa shape index (κ2) is 5.34. The molecule has 5 fully saturated rings. The SMILES string of the molecule is C[C@]12CCCC[C@@H]1CC[C@@H]1[C@@H]2CC[C@]2(C)C(C=O)C(C3CC3)C[C@@H]12. The van der Waals surface area contributed by atoms with Gasteiger partial charge in [0.05, 0.1) is 0 Å². The van der Waals surface area contributed by atoms with Gasteiger partial charge >= 0.3 is 0 Å². The summed E-state index contributed by atoms with van der Waals surface area (Å²) in [5.41, 5.74) is 0.977. The predicted octanol–water partition coefficient (Wildman–Crippen LogP) is 5.87. The van der Waals surface area contributed by atoms with Crippen molar-refractivity contribution in [2.45, 2.75) is 84.5 Å². The number of carbonyl (C=O) groups is 1. The summed E-state index contributed by atoms with van der Waals surface area (Å²) >= 11 is 0. The minimum Gasteiger partial charge on any atom is -0.303 e. The highest BCUT2D eigenvalue weighted by Crippen LogP contribution is 2.69. The minimum atomic E-state index is 0.341. The van der Waals surface area contributed by atoms with Gasteiger partial charge in [-0.15, -0.1) is 0 Å². The Kier molecular flexibility index (Phi) is 3.53. The molecule has 5 saturated carbocycles. The van der Waals surface area contributed by atoms with Crippen LogP contribution in [0.5, 0.6) is 0 Å². The van der Waals surface area contributed by atoms with Crippen molar-refractivity contribution < 1.29 is 4.79 Å². The fourth-order valence-corrected chi connectivity index (χ4v) is 8.70. The van der Waals surface area contributed by atoms with Crippen LogP contribution in [0.1, 0.15) is 84.5 Å². The van der Waals surface area contributed by atoms with E-state index in [1.54, 1.807) is 0 Å². The highest BCUT2D eigenvalue weighted by molar-refractivity contribution is 5.57. The average molecular weight is 329 g/mol. The topological polar surface area (TPSA) is 17.1 Å². The third-order valence-electron chi connectivity index (χ3n) is 10.1. The number of fused-ring (bicyclic) bond motifs is 5. The van der Waals surface area contributed by atoms with Gasteiger partial charge in [-0.05, 0) is 104 Å². The summed E-state index contributed by atoms with van der Waals surface area (Å²) in [6.45, 7) is 5.19. The van der Waals surface area contributed by atoms with Gasteiger partial charge < -0.3 is 4.79 Å². The summed E-state index contributed by atoms with van der Waals surface area (Å²) in [4.78, 5) is 12.1. The Morgan fingerprint density at radius 3 is 2.38 bits per heavy atom. The summed E-state index contributed by atoms with van der Waals surface area (Å²) in [5, 5.41) is 0. The minimum absolute atomic E-state index is 0.341. The fraction of sp³-hybridized carbons (Fsp3) is 0.957. The Morgan fingerprint density at radius 1 is 0.792 bits per heavy atom. The van der Waals surface area contributed by atoms with E-state index in [0.717, 1.165) is 35.5 Å². The van der Waals surface area contributed by atoms with Crippen molar-refractivity contribution in [3.8, 4) is 0 Å².